The summed E-state index contributed by atoms with van der Waals surface area (Å²) in [6, 6.07) is 14.4. The molecule has 0 saturated carbocycles. The van der Waals surface area contributed by atoms with Gasteiger partial charge in [0.2, 0.25) is 4.77 Å². The second-order valence-electron chi connectivity index (χ2n) is 4.96. The minimum absolute atomic E-state index is 0.180. The topological polar surface area (TPSA) is 75.4 Å². The zero-order chi connectivity index (χ0) is 16.9. The van der Waals surface area contributed by atoms with E-state index in [1.807, 2.05) is 37.3 Å². The molecule has 2 aromatic carbocycles. The van der Waals surface area contributed by atoms with Gasteiger partial charge in [0.05, 0.1) is 12.8 Å². The third-order valence-electron chi connectivity index (χ3n) is 3.25. The molecule has 0 unspecified atom stereocenters. The van der Waals surface area contributed by atoms with Gasteiger partial charge in [-0.2, -0.15) is 14.9 Å². The Kier molecular flexibility index (Phi) is 4.72. The van der Waals surface area contributed by atoms with E-state index in [1.165, 1.54) is 4.68 Å². The van der Waals surface area contributed by atoms with Crippen molar-refractivity contribution in [3.63, 3.8) is 0 Å². The number of phenolic OH excluding ortho intramolecular Hbond substituents is 1. The molecule has 7 heteroatoms. The molecule has 0 spiro atoms. The predicted molar refractivity (Wildman–Crippen MR) is 95.1 cm³/mol. The van der Waals surface area contributed by atoms with Crippen LogP contribution in [-0.2, 0) is 0 Å². The number of hydrogen-bond donors (Lipinski definition) is 2. The van der Waals surface area contributed by atoms with Crippen LogP contribution in [0.4, 0.5) is 0 Å². The molecule has 3 rings (SSSR count). The Morgan fingerprint density at radius 1 is 1.29 bits per heavy atom. The standard InChI is InChI=1S/C17H16N4O2S/c1-2-23-15-8-4-6-13(10-15)16-19-20-17(24)21(16)18-11-12-5-3-7-14(22)9-12/h3-11,22H,2H2,1H3,(H,20,24). The number of benzene rings is 2. The summed E-state index contributed by atoms with van der Waals surface area (Å²) in [6.45, 7) is 2.52. The van der Waals surface area contributed by atoms with Crippen LogP contribution in [0.3, 0.4) is 0 Å². The van der Waals surface area contributed by atoms with E-state index in [1.54, 1.807) is 24.4 Å². The fourth-order valence-corrected chi connectivity index (χ4v) is 2.39. The average Bonchev–Trinajstić information content (AvgIpc) is 2.94. The van der Waals surface area contributed by atoms with Crippen LogP contribution in [0, 0.1) is 4.77 Å². The fourth-order valence-electron chi connectivity index (χ4n) is 2.21. The number of H-pyrrole nitrogens is 1. The molecule has 0 fully saturated rings. The first-order valence-corrected chi connectivity index (χ1v) is 7.82. The van der Waals surface area contributed by atoms with Gasteiger partial charge in [0.25, 0.3) is 0 Å². The highest BCUT2D eigenvalue weighted by Gasteiger charge is 2.09. The molecule has 0 amide bonds. The Balaban J connectivity index is 1.97. The number of aromatic amines is 1. The second-order valence-corrected chi connectivity index (χ2v) is 5.35. The maximum absolute atomic E-state index is 9.52. The summed E-state index contributed by atoms with van der Waals surface area (Å²) in [7, 11) is 0. The van der Waals surface area contributed by atoms with Crippen LogP contribution >= 0.6 is 12.2 Å². The van der Waals surface area contributed by atoms with Gasteiger partial charge >= 0.3 is 0 Å². The van der Waals surface area contributed by atoms with Crippen LogP contribution in [0.15, 0.2) is 53.6 Å². The van der Waals surface area contributed by atoms with Crippen molar-refractivity contribution in [1.29, 1.82) is 0 Å². The van der Waals surface area contributed by atoms with Crippen molar-refractivity contribution in [2.45, 2.75) is 6.92 Å². The molecule has 0 bridgehead atoms. The quantitative estimate of drug-likeness (QED) is 0.550. The summed E-state index contributed by atoms with van der Waals surface area (Å²) >= 11 is 5.25. The number of nitrogens with one attached hydrogen (secondary N) is 1. The van der Waals surface area contributed by atoms with Crippen molar-refractivity contribution in [1.82, 2.24) is 14.9 Å². The molecule has 0 aliphatic rings. The maximum Gasteiger partial charge on any atom is 0.216 e. The van der Waals surface area contributed by atoms with Crippen molar-refractivity contribution in [2.75, 3.05) is 6.61 Å². The summed E-state index contributed by atoms with van der Waals surface area (Å²) in [5, 5.41) is 20.9. The van der Waals surface area contributed by atoms with Gasteiger partial charge in [-0.05, 0) is 49.0 Å². The lowest BCUT2D eigenvalue weighted by Crippen LogP contribution is -1.96. The van der Waals surface area contributed by atoms with E-state index in [2.05, 4.69) is 15.3 Å². The van der Waals surface area contributed by atoms with Gasteiger partial charge in [-0.15, -0.1) is 0 Å². The third kappa shape index (κ3) is 3.52. The summed E-state index contributed by atoms with van der Waals surface area (Å²) in [6.07, 6.45) is 1.61. The minimum atomic E-state index is 0.180. The second kappa shape index (κ2) is 7.10. The van der Waals surface area contributed by atoms with Gasteiger partial charge in [-0.3, -0.25) is 0 Å². The lowest BCUT2D eigenvalue weighted by atomic mass is 10.2. The first kappa shape index (κ1) is 15.9. The molecule has 24 heavy (non-hydrogen) atoms. The van der Waals surface area contributed by atoms with Gasteiger partial charge in [0, 0.05) is 5.56 Å². The number of phenols is 1. The van der Waals surface area contributed by atoms with Crippen LogP contribution in [0.5, 0.6) is 11.5 Å². The molecular formula is C17H16N4O2S. The molecule has 0 saturated heterocycles. The Hall–Kier alpha value is -2.93. The molecule has 1 heterocycles. The number of hydrogen-bond acceptors (Lipinski definition) is 5. The summed E-state index contributed by atoms with van der Waals surface area (Å²) < 4.78 is 7.43. The number of ether oxygens (including phenoxy) is 1. The highest BCUT2D eigenvalue weighted by atomic mass is 32.1. The Bertz CT molecular complexity index is 930. The predicted octanol–water partition coefficient (Wildman–Crippen LogP) is 3.59. The summed E-state index contributed by atoms with van der Waals surface area (Å²) in [5.41, 5.74) is 1.59. The number of aromatic nitrogens is 3. The van der Waals surface area contributed by atoms with Crippen LogP contribution in [-0.4, -0.2) is 32.8 Å². The smallest absolute Gasteiger partial charge is 0.216 e. The average molecular weight is 340 g/mol. The zero-order valence-electron chi connectivity index (χ0n) is 13.0. The van der Waals surface area contributed by atoms with Crippen LogP contribution in [0.2, 0.25) is 0 Å². The highest BCUT2D eigenvalue weighted by molar-refractivity contribution is 7.71. The molecule has 122 valence electrons. The van der Waals surface area contributed by atoms with Crippen molar-refractivity contribution < 1.29 is 9.84 Å². The van der Waals surface area contributed by atoms with E-state index < -0.39 is 0 Å². The molecule has 3 aromatic rings. The molecule has 1 aromatic heterocycles. The molecule has 0 radical (unpaired) electrons. The first-order valence-electron chi connectivity index (χ1n) is 7.41. The highest BCUT2D eigenvalue weighted by Crippen LogP contribution is 2.22. The molecule has 2 N–H and O–H groups in total. The van der Waals surface area contributed by atoms with Gasteiger partial charge in [-0.1, -0.05) is 24.3 Å². The lowest BCUT2D eigenvalue weighted by Gasteiger charge is -2.05. The van der Waals surface area contributed by atoms with Crippen molar-refractivity contribution >= 4 is 18.4 Å². The molecule has 0 atom stereocenters. The van der Waals surface area contributed by atoms with Crippen LogP contribution in [0.1, 0.15) is 12.5 Å². The van der Waals surface area contributed by atoms with E-state index in [0.29, 0.717) is 17.2 Å². The van der Waals surface area contributed by atoms with Crippen LogP contribution < -0.4 is 4.74 Å². The number of aromatic hydroxyl groups is 1. The minimum Gasteiger partial charge on any atom is -0.508 e. The summed E-state index contributed by atoms with van der Waals surface area (Å²) in [4.78, 5) is 0. The Labute approximate surface area is 144 Å². The Morgan fingerprint density at radius 3 is 2.92 bits per heavy atom. The van der Waals surface area contributed by atoms with Crippen molar-refractivity contribution in [3.8, 4) is 22.9 Å². The molecule has 6 nitrogen and oxygen atoms in total. The summed E-state index contributed by atoms with van der Waals surface area (Å²) in [5.74, 6) is 1.52. The van der Waals surface area contributed by atoms with Gasteiger partial charge in [0.15, 0.2) is 5.82 Å². The van der Waals surface area contributed by atoms with E-state index in [-0.39, 0.29) is 5.75 Å². The first-order chi connectivity index (χ1) is 11.7. The van der Waals surface area contributed by atoms with Crippen molar-refractivity contribution in [2.24, 2.45) is 5.10 Å². The SMILES string of the molecule is CCOc1cccc(-c2n[nH]c(=S)n2N=Cc2cccc(O)c2)c1. The molecule has 0 aliphatic heterocycles. The molecular weight excluding hydrogens is 324 g/mol. The van der Waals surface area contributed by atoms with Gasteiger partial charge in [0.1, 0.15) is 11.5 Å². The fraction of sp³-hybridized carbons (Fsp3) is 0.118. The van der Waals surface area contributed by atoms with E-state index >= 15 is 0 Å². The third-order valence-corrected chi connectivity index (χ3v) is 3.51. The normalized spacial score (nSPS) is 11.0. The van der Waals surface area contributed by atoms with E-state index in [9.17, 15) is 5.11 Å². The monoisotopic (exact) mass is 340 g/mol. The number of rotatable bonds is 5. The van der Waals surface area contributed by atoms with Gasteiger partial charge in [-0.25, -0.2) is 5.10 Å². The zero-order valence-corrected chi connectivity index (χ0v) is 13.8. The number of nitrogens with zero attached hydrogens (tertiary/aromatic N) is 3. The van der Waals surface area contributed by atoms with E-state index in [4.69, 9.17) is 17.0 Å². The van der Waals surface area contributed by atoms with E-state index in [0.717, 1.165) is 16.9 Å². The molecule has 0 aliphatic carbocycles. The van der Waals surface area contributed by atoms with Gasteiger partial charge < -0.3 is 9.84 Å². The Morgan fingerprint density at radius 2 is 2.12 bits per heavy atom. The largest absolute Gasteiger partial charge is 0.508 e. The van der Waals surface area contributed by atoms with Crippen LogP contribution in [0.25, 0.3) is 11.4 Å². The lowest BCUT2D eigenvalue weighted by molar-refractivity contribution is 0.340. The van der Waals surface area contributed by atoms with Crippen molar-refractivity contribution in [3.05, 3.63) is 58.9 Å². The maximum atomic E-state index is 9.52.